The average molecular weight is 583 g/mol. The predicted octanol–water partition coefficient (Wildman–Crippen LogP) is -0.315. The number of carbonyl (C=O) groups excluding carboxylic acids is 4. The number of hydrogen-bond donors (Lipinski definition) is 6. The molecule has 2 aromatic heterocycles. The first kappa shape index (κ1) is 32.0. The van der Waals surface area contributed by atoms with Gasteiger partial charge in [0.15, 0.2) is 11.1 Å². The van der Waals surface area contributed by atoms with Gasteiger partial charge in [0.25, 0.3) is 11.8 Å². The van der Waals surface area contributed by atoms with Gasteiger partial charge >= 0.3 is 18.2 Å². The maximum atomic E-state index is 12.5. The molecule has 4 rings (SSSR count). The zero-order chi connectivity index (χ0) is 29.5. The van der Waals surface area contributed by atoms with Crippen molar-refractivity contribution in [1.82, 2.24) is 45.7 Å². The van der Waals surface area contributed by atoms with Gasteiger partial charge in [-0.1, -0.05) is 0 Å². The summed E-state index contributed by atoms with van der Waals surface area (Å²) in [6.45, 7) is 8.52. The molecule has 7 amide bonds. The second-order valence-corrected chi connectivity index (χ2v) is 10.4. The summed E-state index contributed by atoms with van der Waals surface area (Å²) in [4.78, 5) is 60.0. The van der Waals surface area contributed by atoms with E-state index in [1.165, 1.54) is 6.20 Å². The number of nitrogens with one attached hydrogen (secondary N) is 4. The topological polar surface area (TPSA) is 219 Å². The molecule has 0 aromatic carbocycles. The molecule has 7 N–H and O–H groups in total. The van der Waals surface area contributed by atoms with E-state index >= 15 is 0 Å². The quantitative estimate of drug-likeness (QED) is 0.254. The lowest BCUT2D eigenvalue weighted by Crippen LogP contribution is -2.58. The maximum absolute atomic E-state index is 12.5. The molecule has 220 valence electrons. The Morgan fingerprint density at radius 1 is 0.925 bits per heavy atom. The van der Waals surface area contributed by atoms with E-state index in [1.54, 1.807) is 57.4 Å². The third-order valence-corrected chi connectivity index (χ3v) is 7.02. The summed E-state index contributed by atoms with van der Waals surface area (Å²) in [7, 11) is 3.47. The van der Waals surface area contributed by atoms with E-state index in [2.05, 4.69) is 31.5 Å². The maximum Gasteiger partial charge on any atom is 0.407 e. The molecule has 2 fully saturated rings. The fraction of sp³-hybridized carbons (Fsp3) is 0.522. The van der Waals surface area contributed by atoms with Crippen LogP contribution in [0.4, 0.5) is 14.4 Å². The van der Waals surface area contributed by atoms with Crippen LogP contribution < -0.4 is 27.0 Å². The van der Waals surface area contributed by atoms with Crippen molar-refractivity contribution < 1.29 is 29.1 Å². The molecule has 0 unspecified atom stereocenters. The highest BCUT2D eigenvalue weighted by Crippen LogP contribution is 2.31. The van der Waals surface area contributed by atoms with Crippen molar-refractivity contribution in [1.29, 1.82) is 0 Å². The molecule has 2 aromatic rings. The summed E-state index contributed by atoms with van der Waals surface area (Å²) in [6.07, 6.45) is 1.85. The van der Waals surface area contributed by atoms with Crippen molar-refractivity contribution >= 4 is 42.4 Å². The minimum absolute atomic E-state index is 0. The summed E-state index contributed by atoms with van der Waals surface area (Å²) < 4.78 is 3.20. The van der Waals surface area contributed by atoms with E-state index < -0.39 is 46.6 Å². The second-order valence-electron chi connectivity index (χ2n) is 10.4. The van der Waals surface area contributed by atoms with E-state index in [-0.39, 0.29) is 25.5 Å². The Morgan fingerprint density at radius 3 is 1.60 bits per heavy atom. The van der Waals surface area contributed by atoms with Crippen molar-refractivity contribution in [2.45, 2.75) is 51.2 Å². The number of urea groups is 2. The number of rotatable bonds is 5. The van der Waals surface area contributed by atoms with Crippen molar-refractivity contribution in [3.05, 3.63) is 34.9 Å². The summed E-state index contributed by atoms with van der Waals surface area (Å²) in [5, 5.41) is 27.2. The summed E-state index contributed by atoms with van der Waals surface area (Å²) >= 11 is 0. The van der Waals surface area contributed by atoms with Gasteiger partial charge in [-0.05, 0) is 34.6 Å². The first-order valence-electron chi connectivity index (χ1n) is 12.0. The Balaban J connectivity index is 0.000000290. The number of aromatic nitrogens is 4. The van der Waals surface area contributed by atoms with Gasteiger partial charge < -0.3 is 26.4 Å². The lowest BCUT2D eigenvalue weighted by Gasteiger charge is -2.39. The first-order chi connectivity index (χ1) is 18.0. The number of amides is 7. The first-order valence-corrected chi connectivity index (χ1v) is 12.0. The molecule has 4 heterocycles. The minimum Gasteiger partial charge on any atom is -0.465 e. The van der Waals surface area contributed by atoms with Crippen LogP contribution in [0.15, 0.2) is 12.4 Å². The van der Waals surface area contributed by atoms with Crippen LogP contribution in [0.25, 0.3) is 0 Å². The van der Waals surface area contributed by atoms with E-state index in [1.807, 2.05) is 6.92 Å². The van der Waals surface area contributed by atoms with Gasteiger partial charge in [-0.3, -0.25) is 29.6 Å². The average Bonchev–Trinajstić information content (AvgIpc) is 3.52. The molecule has 17 heteroatoms. The highest BCUT2D eigenvalue weighted by Gasteiger charge is 2.52. The molecule has 2 saturated heterocycles. The standard InChI is InChI=1S/C14H21N5O4.C9H13N5O2.ClH/c1-8-9(6-15-18(8)5)14(10(20)16-11(21)17-14)7-19(12(22)23)13(2,3)4;1-5-6(3-11-14(5)2)9(4-10)7(15)12-8(16)13-9;/h6H,7H2,1-5H3,(H,22,23)(H2,16,17,20,21);3H,4,10H2,1-2H3,(H2,12,13,15,16);1H/t14-;9-;/m00./s1. The number of aryl methyl sites for hydroxylation is 2. The lowest BCUT2D eigenvalue weighted by atomic mass is 9.88. The highest BCUT2D eigenvalue weighted by atomic mass is 35.5. The van der Waals surface area contributed by atoms with Crippen molar-refractivity contribution in [3.8, 4) is 0 Å². The summed E-state index contributed by atoms with van der Waals surface area (Å²) in [6, 6.07) is -1.18. The van der Waals surface area contributed by atoms with Gasteiger partial charge in [0.05, 0.1) is 18.9 Å². The Kier molecular flexibility index (Phi) is 8.91. The molecular weight excluding hydrogens is 548 g/mol. The molecule has 2 aliphatic rings. The Labute approximate surface area is 236 Å². The Bertz CT molecular complexity index is 1350. The van der Waals surface area contributed by atoms with Crippen LogP contribution in [0.1, 0.15) is 43.3 Å². The smallest absolute Gasteiger partial charge is 0.407 e. The lowest BCUT2D eigenvalue weighted by molar-refractivity contribution is -0.125. The van der Waals surface area contributed by atoms with Gasteiger partial charge in [0.2, 0.25) is 0 Å². The number of hydrogen-bond acceptors (Lipinski definition) is 8. The molecule has 16 nitrogen and oxygen atoms in total. The number of nitrogens with two attached hydrogens (primary N) is 1. The molecule has 0 bridgehead atoms. The van der Waals surface area contributed by atoms with Crippen LogP contribution in [0.5, 0.6) is 0 Å². The van der Waals surface area contributed by atoms with Crippen LogP contribution in [0, 0.1) is 13.8 Å². The number of carbonyl (C=O) groups is 5. The second kappa shape index (κ2) is 11.1. The Morgan fingerprint density at radius 2 is 1.32 bits per heavy atom. The molecule has 0 radical (unpaired) electrons. The Hall–Kier alpha value is -4.18. The van der Waals surface area contributed by atoms with Gasteiger partial charge in [-0.25, -0.2) is 14.4 Å². The number of halogens is 1. The summed E-state index contributed by atoms with van der Waals surface area (Å²) in [5.74, 6) is -1.02. The normalized spacial score (nSPS) is 21.9. The van der Waals surface area contributed by atoms with E-state index in [0.717, 1.165) is 10.6 Å². The molecule has 0 saturated carbocycles. The highest BCUT2D eigenvalue weighted by molar-refractivity contribution is 6.08. The predicted molar refractivity (Wildman–Crippen MR) is 143 cm³/mol. The van der Waals surface area contributed by atoms with Crippen LogP contribution >= 0.6 is 12.4 Å². The van der Waals surface area contributed by atoms with Crippen molar-refractivity contribution in [3.63, 3.8) is 0 Å². The van der Waals surface area contributed by atoms with E-state index in [0.29, 0.717) is 16.8 Å². The van der Waals surface area contributed by atoms with E-state index in [9.17, 15) is 29.1 Å². The molecule has 0 spiro atoms. The fourth-order valence-corrected chi connectivity index (χ4v) is 4.48. The van der Waals surface area contributed by atoms with Crippen molar-refractivity contribution in [2.24, 2.45) is 19.8 Å². The zero-order valence-electron chi connectivity index (χ0n) is 23.3. The third-order valence-electron chi connectivity index (χ3n) is 7.02. The zero-order valence-corrected chi connectivity index (χ0v) is 24.1. The van der Waals surface area contributed by atoms with E-state index in [4.69, 9.17) is 5.73 Å². The van der Waals surface area contributed by atoms with Crippen LogP contribution in [-0.2, 0) is 34.8 Å². The van der Waals surface area contributed by atoms with Gasteiger partial charge in [-0.15, -0.1) is 12.4 Å². The van der Waals surface area contributed by atoms with Gasteiger partial charge in [-0.2, -0.15) is 10.2 Å². The van der Waals surface area contributed by atoms with Crippen LogP contribution in [0.3, 0.4) is 0 Å². The largest absolute Gasteiger partial charge is 0.465 e. The minimum atomic E-state index is -1.50. The molecule has 2 atom stereocenters. The SMILES string of the molecule is Cc1c([C@]2(CN(C(=O)O)C(C)(C)C)NC(=O)NC2=O)cnn1C.Cc1c([C@]2(CN)NC(=O)NC2=O)cnn1C.Cl. The molecular formula is C23H35ClN10O6. The van der Waals surface area contributed by atoms with Gasteiger partial charge in [0, 0.05) is 48.7 Å². The fourth-order valence-electron chi connectivity index (χ4n) is 4.48. The summed E-state index contributed by atoms with van der Waals surface area (Å²) in [5.41, 5.74) is 4.75. The number of carboxylic acid groups (broad SMARTS) is 1. The van der Waals surface area contributed by atoms with Gasteiger partial charge in [0.1, 0.15) is 0 Å². The molecule has 2 aliphatic heterocycles. The van der Waals surface area contributed by atoms with Crippen LogP contribution in [0.2, 0.25) is 0 Å². The van der Waals surface area contributed by atoms with Crippen LogP contribution in [-0.4, -0.2) is 78.2 Å². The van der Waals surface area contributed by atoms with Crippen molar-refractivity contribution in [2.75, 3.05) is 13.1 Å². The third kappa shape index (κ3) is 5.44. The number of imide groups is 2. The molecule has 0 aliphatic carbocycles. The number of nitrogens with zero attached hydrogens (tertiary/aromatic N) is 5. The molecule has 40 heavy (non-hydrogen) atoms. The monoisotopic (exact) mass is 582 g/mol.